The molecule has 1 heterocycles. The van der Waals surface area contributed by atoms with Gasteiger partial charge in [-0.15, -0.1) is 0 Å². The molecule has 0 aromatic carbocycles. The Morgan fingerprint density at radius 3 is 1.85 bits per heavy atom. The normalized spacial score (nSPS) is 13.4. The Morgan fingerprint density at radius 2 is 1.62 bits per heavy atom. The maximum atomic E-state index is 5.97. The van der Waals surface area contributed by atoms with E-state index in [2.05, 4.69) is 46.6 Å². The van der Waals surface area contributed by atoms with Crippen LogP contribution < -0.4 is 9.16 Å². The van der Waals surface area contributed by atoms with Crippen LogP contribution >= 0.6 is 0 Å². The molecule has 0 spiro atoms. The zero-order chi connectivity index (χ0) is 10.3. The number of hydrogen-bond donors (Lipinski definition) is 0. The molecule has 0 fully saturated rings. The molecule has 1 rings (SSSR count). The standard InChI is InChI=1S/C7H11OSi.3CH3.Sn/c1-9(2,3)7-5-4-6-8-7;;;;/h4-5H,1-3H3;3*1H3;. The third kappa shape index (κ3) is 2.87. The summed E-state index contributed by atoms with van der Waals surface area (Å²) in [6, 6.07) is 4.41. The van der Waals surface area contributed by atoms with Crippen molar-refractivity contribution in [1.82, 2.24) is 0 Å². The predicted octanol–water partition coefficient (Wildman–Crippen LogP) is 2.37. The van der Waals surface area contributed by atoms with E-state index in [-0.39, 0.29) is 0 Å². The molecule has 1 aromatic heterocycles. The van der Waals surface area contributed by atoms with Crippen LogP contribution in [0.1, 0.15) is 0 Å². The third-order valence-corrected chi connectivity index (χ3v) is 8.82. The summed E-state index contributed by atoms with van der Waals surface area (Å²) in [6.07, 6.45) is 0. The van der Waals surface area contributed by atoms with Gasteiger partial charge in [0, 0.05) is 0 Å². The second-order valence-electron chi connectivity index (χ2n) is 5.66. The van der Waals surface area contributed by atoms with Gasteiger partial charge in [0.2, 0.25) is 0 Å². The van der Waals surface area contributed by atoms with E-state index >= 15 is 0 Å². The van der Waals surface area contributed by atoms with E-state index in [1.54, 1.807) is 0 Å². The summed E-state index contributed by atoms with van der Waals surface area (Å²) in [7, 11) is -1.22. The van der Waals surface area contributed by atoms with Gasteiger partial charge in [-0.1, -0.05) is 0 Å². The fraction of sp³-hybridized carbons (Fsp3) is 0.600. The molecule has 0 radical (unpaired) electrons. The molecule has 0 saturated carbocycles. The summed E-state index contributed by atoms with van der Waals surface area (Å²) < 4.78 is 7.28. The van der Waals surface area contributed by atoms with Gasteiger partial charge in [0.15, 0.2) is 0 Å². The van der Waals surface area contributed by atoms with Crippen LogP contribution in [-0.2, 0) is 0 Å². The number of furan rings is 1. The molecule has 13 heavy (non-hydrogen) atoms. The molecule has 0 aliphatic carbocycles. The molecule has 0 bridgehead atoms. The molecule has 0 unspecified atom stereocenters. The summed E-state index contributed by atoms with van der Waals surface area (Å²) in [5, 5.41) is 1.26. The first-order valence-electron chi connectivity index (χ1n) is 4.82. The maximum absolute atomic E-state index is 5.97. The van der Waals surface area contributed by atoms with Gasteiger partial charge in [-0.3, -0.25) is 0 Å². The Labute approximate surface area is 86.4 Å². The van der Waals surface area contributed by atoms with Crippen molar-refractivity contribution in [3.8, 4) is 0 Å². The van der Waals surface area contributed by atoms with Crippen molar-refractivity contribution in [3.63, 3.8) is 0 Å². The molecule has 0 amide bonds. The first-order chi connectivity index (χ1) is 5.71. The summed E-state index contributed by atoms with van der Waals surface area (Å²) in [5.74, 6) is 0. The molecule has 0 atom stereocenters. The van der Waals surface area contributed by atoms with Gasteiger partial charge in [0.25, 0.3) is 0 Å². The second kappa shape index (κ2) is 3.46. The Bertz CT molecular complexity index is 262. The third-order valence-electron chi connectivity index (χ3n) is 2.08. The zero-order valence-corrected chi connectivity index (χ0v) is 13.4. The van der Waals surface area contributed by atoms with Crippen molar-refractivity contribution in [2.24, 2.45) is 0 Å². The van der Waals surface area contributed by atoms with Crippen LogP contribution in [0.4, 0.5) is 0 Å². The first kappa shape index (κ1) is 11.4. The molecule has 0 aliphatic rings. The predicted molar refractivity (Wildman–Crippen MR) is 64.7 cm³/mol. The Hall–Kier alpha value is 0.296. The van der Waals surface area contributed by atoms with Crippen LogP contribution in [0.15, 0.2) is 16.5 Å². The van der Waals surface area contributed by atoms with Crippen molar-refractivity contribution in [2.75, 3.05) is 0 Å². The fourth-order valence-electron chi connectivity index (χ4n) is 1.14. The van der Waals surface area contributed by atoms with Gasteiger partial charge in [-0.2, -0.15) is 0 Å². The Morgan fingerprint density at radius 1 is 1.08 bits per heavy atom. The Balaban J connectivity index is 3.01. The van der Waals surface area contributed by atoms with E-state index in [4.69, 9.17) is 4.42 Å². The molecule has 1 aromatic rings. The minimum absolute atomic E-state index is 1.22. The SMILES string of the molecule is C[Si](C)(C)c1cc[c]([Sn]([CH3])([CH3])[CH3])o1. The van der Waals surface area contributed by atoms with Crippen LogP contribution in [0.25, 0.3) is 0 Å². The minimum atomic E-state index is -1.94. The van der Waals surface area contributed by atoms with Gasteiger partial charge >= 0.3 is 86.6 Å². The molecule has 1 nitrogen and oxygen atoms in total. The number of rotatable bonds is 2. The monoisotopic (exact) mass is 304 g/mol. The molecule has 0 aliphatic heterocycles. The average molecular weight is 303 g/mol. The van der Waals surface area contributed by atoms with Crippen LogP contribution in [0.3, 0.4) is 0 Å². The van der Waals surface area contributed by atoms with Crippen molar-refractivity contribution < 1.29 is 4.42 Å². The second-order valence-corrected chi connectivity index (χ2v) is 24.9. The van der Waals surface area contributed by atoms with E-state index in [0.717, 1.165) is 0 Å². The van der Waals surface area contributed by atoms with Crippen molar-refractivity contribution in [2.45, 2.75) is 34.5 Å². The average Bonchev–Trinajstić information content (AvgIpc) is 2.28. The first-order valence-corrected chi connectivity index (χ1v) is 18.3. The van der Waals surface area contributed by atoms with E-state index in [1.807, 2.05) is 0 Å². The Kier molecular flexibility index (Phi) is 3.03. The molecule has 0 saturated heterocycles. The van der Waals surface area contributed by atoms with E-state index in [0.29, 0.717) is 0 Å². The van der Waals surface area contributed by atoms with E-state index < -0.39 is 26.5 Å². The molecular weight excluding hydrogens is 283 g/mol. The van der Waals surface area contributed by atoms with E-state index in [1.165, 1.54) is 9.16 Å². The van der Waals surface area contributed by atoms with Crippen LogP contribution in [-0.4, -0.2) is 26.5 Å². The van der Waals surface area contributed by atoms with Gasteiger partial charge in [0.1, 0.15) is 0 Å². The van der Waals surface area contributed by atoms with Crippen LogP contribution in [0.5, 0.6) is 0 Å². The van der Waals surface area contributed by atoms with Crippen LogP contribution in [0, 0.1) is 0 Å². The summed E-state index contributed by atoms with van der Waals surface area (Å²) in [4.78, 5) is 7.17. The number of hydrogen-bond acceptors (Lipinski definition) is 1. The van der Waals surface area contributed by atoms with Crippen molar-refractivity contribution in [3.05, 3.63) is 12.1 Å². The van der Waals surface area contributed by atoms with Gasteiger partial charge < -0.3 is 0 Å². The summed E-state index contributed by atoms with van der Waals surface area (Å²) in [6.45, 7) is 6.98. The quantitative estimate of drug-likeness (QED) is 0.765. The van der Waals surface area contributed by atoms with Crippen LogP contribution in [0.2, 0.25) is 34.5 Å². The van der Waals surface area contributed by atoms with Gasteiger partial charge in [-0.05, 0) is 0 Å². The van der Waals surface area contributed by atoms with Crippen molar-refractivity contribution in [1.29, 1.82) is 0 Å². The topological polar surface area (TPSA) is 13.1 Å². The summed E-state index contributed by atoms with van der Waals surface area (Å²) >= 11 is -1.94. The van der Waals surface area contributed by atoms with E-state index in [9.17, 15) is 0 Å². The molecule has 3 heteroatoms. The zero-order valence-electron chi connectivity index (χ0n) is 9.56. The molecule has 0 N–H and O–H groups in total. The molecular formula is C10H20OSiSn. The molecule has 74 valence electrons. The van der Waals surface area contributed by atoms with Gasteiger partial charge in [-0.25, -0.2) is 0 Å². The van der Waals surface area contributed by atoms with Gasteiger partial charge in [0.05, 0.1) is 0 Å². The summed E-state index contributed by atoms with van der Waals surface area (Å²) in [5.41, 5.74) is 0. The fourth-order valence-corrected chi connectivity index (χ4v) is 5.29. The van der Waals surface area contributed by atoms with Crippen molar-refractivity contribution >= 4 is 35.6 Å².